The minimum Gasteiger partial charge on any atom is -0.456 e. The molecule has 282 valence electrons. The molecule has 3 aromatic heterocycles. The number of furan rings is 1. The van der Waals surface area contributed by atoms with Crippen LogP contribution in [0, 0.1) is 0 Å². The van der Waals surface area contributed by atoms with E-state index in [2.05, 4.69) is 147 Å². The molecule has 0 fully saturated rings. The van der Waals surface area contributed by atoms with Crippen molar-refractivity contribution in [3.05, 3.63) is 193 Å². The largest absolute Gasteiger partial charge is 0.456 e. The van der Waals surface area contributed by atoms with Crippen LogP contribution in [-0.4, -0.2) is 19.9 Å². The van der Waals surface area contributed by atoms with Gasteiger partial charge in [0.2, 0.25) is 0 Å². The van der Waals surface area contributed by atoms with Crippen LogP contribution in [0.4, 0.5) is 0 Å². The highest BCUT2D eigenvalue weighted by atomic mass is 16.3. The van der Waals surface area contributed by atoms with Gasteiger partial charge in [0.25, 0.3) is 0 Å². The van der Waals surface area contributed by atoms with Crippen LogP contribution in [0.5, 0.6) is 0 Å². The minimum atomic E-state index is -0.0774. The van der Waals surface area contributed by atoms with Gasteiger partial charge in [0, 0.05) is 54.6 Å². The second kappa shape index (κ2) is 13.1. The molecule has 12 rings (SSSR count). The number of hydrogen-bond donors (Lipinski definition) is 0. The third-order valence-electron chi connectivity index (χ3n) is 12.3. The quantitative estimate of drug-likeness (QED) is 0.163. The van der Waals surface area contributed by atoms with E-state index in [1.807, 2.05) is 48.5 Å². The molecule has 8 aromatic carbocycles. The first-order chi connectivity index (χ1) is 29.5. The Balaban J connectivity index is 0.977. The van der Waals surface area contributed by atoms with Crippen molar-refractivity contribution in [3.8, 4) is 67.7 Å². The SMILES string of the molecule is CC1(C)c2ccccc2-c2cc(-c3nc(-c4ccccc4)nc(-c4ccc(-c5ccc6c(c5)nc(-c5ccccc5)c5ccc7oc8ccccc8c7c56)cc4)n3)ccc21. The average molecular weight is 769 g/mol. The first-order valence-electron chi connectivity index (χ1n) is 20.4. The van der Waals surface area contributed by atoms with Crippen molar-refractivity contribution in [1.29, 1.82) is 0 Å². The van der Waals surface area contributed by atoms with Gasteiger partial charge in [-0.25, -0.2) is 19.9 Å². The summed E-state index contributed by atoms with van der Waals surface area (Å²) in [6, 6.07) is 63.6. The van der Waals surface area contributed by atoms with Gasteiger partial charge >= 0.3 is 0 Å². The fourth-order valence-electron chi connectivity index (χ4n) is 9.33. The molecule has 0 unspecified atom stereocenters. The predicted molar refractivity (Wildman–Crippen MR) is 245 cm³/mol. The molecule has 0 amide bonds. The summed E-state index contributed by atoms with van der Waals surface area (Å²) in [5.41, 5.74) is 14.8. The normalized spacial score (nSPS) is 13.0. The van der Waals surface area contributed by atoms with Crippen molar-refractivity contribution in [2.24, 2.45) is 0 Å². The zero-order valence-corrected chi connectivity index (χ0v) is 33.0. The summed E-state index contributed by atoms with van der Waals surface area (Å²) in [5, 5.41) is 5.56. The number of hydrogen-bond acceptors (Lipinski definition) is 5. The summed E-state index contributed by atoms with van der Waals surface area (Å²) in [6.45, 7) is 4.60. The molecule has 0 bridgehead atoms. The van der Waals surface area contributed by atoms with Gasteiger partial charge in [-0.3, -0.25) is 0 Å². The maximum Gasteiger partial charge on any atom is 0.164 e. The number of rotatable bonds is 5. The summed E-state index contributed by atoms with van der Waals surface area (Å²) >= 11 is 0. The Morgan fingerprint density at radius 3 is 1.73 bits per heavy atom. The first-order valence-corrected chi connectivity index (χ1v) is 20.4. The van der Waals surface area contributed by atoms with Crippen molar-refractivity contribution in [2.45, 2.75) is 19.3 Å². The number of para-hydroxylation sites is 1. The monoisotopic (exact) mass is 768 g/mol. The molecule has 60 heavy (non-hydrogen) atoms. The van der Waals surface area contributed by atoms with Crippen LogP contribution < -0.4 is 0 Å². The number of pyridine rings is 1. The molecule has 0 spiro atoms. The van der Waals surface area contributed by atoms with E-state index in [0.717, 1.165) is 82.7 Å². The van der Waals surface area contributed by atoms with Crippen molar-refractivity contribution in [1.82, 2.24) is 19.9 Å². The lowest BCUT2D eigenvalue weighted by Crippen LogP contribution is -2.14. The van der Waals surface area contributed by atoms with E-state index >= 15 is 0 Å². The third-order valence-corrected chi connectivity index (χ3v) is 12.3. The van der Waals surface area contributed by atoms with Crippen molar-refractivity contribution in [2.75, 3.05) is 0 Å². The Bertz CT molecular complexity index is 3500. The van der Waals surface area contributed by atoms with Gasteiger partial charge in [0.1, 0.15) is 11.2 Å². The Morgan fingerprint density at radius 2 is 0.950 bits per heavy atom. The Kier molecular flexibility index (Phi) is 7.51. The molecule has 5 heteroatoms. The van der Waals surface area contributed by atoms with E-state index in [0.29, 0.717) is 17.5 Å². The van der Waals surface area contributed by atoms with Gasteiger partial charge in [0.05, 0.1) is 11.2 Å². The Labute approximate surface area is 346 Å². The Hall–Kier alpha value is -7.76. The molecule has 0 saturated carbocycles. The molecule has 1 aliphatic carbocycles. The average Bonchev–Trinajstić information content (AvgIpc) is 3.80. The number of aromatic nitrogens is 4. The van der Waals surface area contributed by atoms with E-state index in [9.17, 15) is 0 Å². The summed E-state index contributed by atoms with van der Waals surface area (Å²) in [4.78, 5) is 20.6. The summed E-state index contributed by atoms with van der Waals surface area (Å²) in [5.74, 6) is 1.92. The topological polar surface area (TPSA) is 64.7 Å². The lowest BCUT2D eigenvalue weighted by Gasteiger charge is -2.21. The standard InChI is InChI=1S/C55H36N4O/c1-55(2)44-19-11-9-17-39(44)43-31-38(26-29-45(43)55)54-58-52(35-15-7-4-8-16-35)57-53(59-54)36-23-21-33(22-24-36)37-25-27-40-46(32-37)56-51(34-13-5-3-6-14-34)42-28-30-48-50(49(40)42)41-18-10-12-20-47(41)60-48/h3-32H,1-2H3. The maximum atomic E-state index is 6.36. The predicted octanol–water partition coefficient (Wildman–Crippen LogP) is 14.1. The molecule has 0 aliphatic heterocycles. The molecular weight excluding hydrogens is 733 g/mol. The minimum absolute atomic E-state index is 0.0774. The molecule has 11 aromatic rings. The summed E-state index contributed by atoms with van der Waals surface area (Å²) < 4.78 is 6.36. The highest BCUT2D eigenvalue weighted by Gasteiger charge is 2.35. The van der Waals surface area contributed by atoms with E-state index in [-0.39, 0.29) is 5.41 Å². The number of nitrogens with zero attached hydrogens (tertiary/aromatic N) is 4. The van der Waals surface area contributed by atoms with Crippen LogP contribution in [0.3, 0.4) is 0 Å². The van der Waals surface area contributed by atoms with Gasteiger partial charge in [-0.05, 0) is 63.7 Å². The summed E-state index contributed by atoms with van der Waals surface area (Å²) in [7, 11) is 0. The van der Waals surface area contributed by atoms with Gasteiger partial charge in [-0.1, -0.05) is 166 Å². The number of fused-ring (bicyclic) bond motifs is 10. The molecule has 3 heterocycles. The van der Waals surface area contributed by atoms with Crippen LogP contribution in [0.25, 0.3) is 111 Å². The highest BCUT2D eigenvalue weighted by molar-refractivity contribution is 6.28. The van der Waals surface area contributed by atoms with Gasteiger partial charge in [-0.2, -0.15) is 0 Å². The second-order valence-electron chi connectivity index (χ2n) is 16.2. The molecular formula is C55H36N4O. The lowest BCUT2D eigenvalue weighted by molar-refractivity contribution is 0.660. The molecule has 0 saturated heterocycles. The van der Waals surface area contributed by atoms with Crippen LogP contribution >= 0.6 is 0 Å². The van der Waals surface area contributed by atoms with E-state index in [1.165, 1.54) is 22.3 Å². The van der Waals surface area contributed by atoms with Gasteiger partial charge < -0.3 is 4.42 Å². The third kappa shape index (κ3) is 5.33. The fourth-order valence-corrected chi connectivity index (χ4v) is 9.33. The zero-order chi connectivity index (χ0) is 40.0. The molecule has 0 radical (unpaired) electrons. The number of benzene rings is 8. The van der Waals surface area contributed by atoms with Gasteiger partial charge in [0.15, 0.2) is 17.5 Å². The summed E-state index contributed by atoms with van der Waals surface area (Å²) in [6.07, 6.45) is 0. The van der Waals surface area contributed by atoms with Crippen LogP contribution in [0.2, 0.25) is 0 Å². The highest BCUT2D eigenvalue weighted by Crippen LogP contribution is 2.49. The molecule has 5 nitrogen and oxygen atoms in total. The molecule has 0 atom stereocenters. The zero-order valence-electron chi connectivity index (χ0n) is 33.0. The van der Waals surface area contributed by atoms with Crippen molar-refractivity contribution < 1.29 is 4.42 Å². The molecule has 0 N–H and O–H groups in total. The molecule has 1 aliphatic rings. The van der Waals surface area contributed by atoms with E-state index in [1.54, 1.807) is 0 Å². The van der Waals surface area contributed by atoms with Crippen LogP contribution in [-0.2, 0) is 5.41 Å². The first kappa shape index (κ1) is 34.3. The fraction of sp³-hybridized carbons (Fsp3) is 0.0545. The maximum absolute atomic E-state index is 6.36. The lowest BCUT2D eigenvalue weighted by atomic mass is 9.82. The van der Waals surface area contributed by atoms with Crippen molar-refractivity contribution in [3.63, 3.8) is 0 Å². The van der Waals surface area contributed by atoms with E-state index < -0.39 is 0 Å². The van der Waals surface area contributed by atoms with Gasteiger partial charge in [-0.15, -0.1) is 0 Å². The Morgan fingerprint density at radius 1 is 0.367 bits per heavy atom. The van der Waals surface area contributed by atoms with E-state index in [4.69, 9.17) is 24.4 Å². The van der Waals surface area contributed by atoms with Crippen molar-refractivity contribution >= 4 is 43.6 Å². The van der Waals surface area contributed by atoms with Crippen LogP contribution in [0.1, 0.15) is 25.0 Å². The second-order valence-corrected chi connectivity index (χ2v) is 16.2. The van der Waals surface area contributed by atoms with Crippen LogP contribution in [0.15, 0.2) is 186 Å². The smallest absolute Gasteiger partial charge is 0.164 e.